The van der Waals surface area contributed by atoms with Crippen LogP contribution >= 0.6 is 0 Å². The lowest BCUT2D eigenvalue weighted by molar-refractivity contribution is -0.129. The van der Waals surface area contributed by atoms with Crippen LogP contribution in [-0.2, 0) is 16.6 Å². The lowest BCUT2D eigenvalue weighted by atomic mass is 9.95. The van der Waals surface area contributed by atoms with Crippen LogP contribution in [0.4, 0.5) is 5.82 Å². The summed E-state index contributed by atoms with van der Waals surface area (Å²) in [4.78, 5) is 18.7. The molecule has 2 atom stereocenters. The van der Waals surface area contributed by atoms with Gasteiger partial charge in [-0.15, -0.1) is 0 Å². The third kappa shape index (κ3) is 3.83. The van der Waals surface area contributed by atoms with Gasteiger partial charge in [0.15, 0.2) is 0 Å². The molecule has 2 aromatic rings. The largest absolute Gasteiger partial charge is 0.383 e. The minimum atomic E-state index is -0.0574. The van der Waals surface area contributed by atoms with Crippen molar-refractivity contribution in [1.29, 1.82) is 5.26 Å². The first kappa shape index (κ1) is 17.9. The maximum atomic E-state index is 12.5. The fraction of sp³-hybridized carbons (Fsp3) is 0.444. The van der Waals surface area contributed by atoms with Crippen LogP contribution < -0.4 is 5.32 Å². The third-order valence-electron chi connectivity index (χ3n) is 4.55. The van der Waals surface area contributed by atoms with Crippen LogP contribution in [0.2, 0.25) is 0 Å². The van der Waals surface area contributed by atoms with Gasteiger partial charge in [-0.2, -0.15) is 10.4 Å². The molecule has 26 heavy (non-hydrogen) atoms. The molecule has 0 aliphatic carbocycles. The zero-order chi connectivity index (χ0) is 18.5. The number of anilines is 1. The molecule has 1 aliphatic heterocycles. The summed E-state index contributed by atoms with van der Waals surface area (Å²) in [5.41, 5.74) is 1.38. The van der Waals surface area contributed by atoms with Gasteiger partial charge >= 0.3 is 0 Å². The van der Waals surface area contributed by atoms with E-state index >= 15 is 0 Å². The lowest BCUT2D eigenvalue weighted by Gasteiger charge is -2.27. The number of aromatic nitrogens is 3. The smallest absolute Gasteiger partial charge is 0.223 e. The topological polar surface area (TPSA) is 96.1 Å². The van der Waals surface area contributed by atoms with E-state index in [1.165, 1.54) is 0 Å². The van der Waals surface area contributed by atoms with Gasteiger partial charge in [-0.05, 0) is 12.1 Å². The van der Waals surface area contributed by atoms with Crippen molar-refractivity contribution in [2.24, 2.45) is 13.0 Å². The summed E-state index contributed by atoms with van der Waals surface area (Å²) in [6.45, 7) is 1.62. The molecule has 0 radical (unpaired) electrons. The molecule has 0 aromatic carbocycles. The fourth-order valence-electron chi connectivity index (χ4n) is 3.38. The van der Waals surface area contributed by atoms with Crippen LogP contribution in [-0.4, -0.2) is 52.4 Å². The Bertz CT molecular complexity index is 812. The highest BCUT2D eigenvalue weighted by Crippen LogP contribution is 2.37. The summed E-state index contributed by atoms with van der Waals surface area (Å²) in [6.07, 6.45) is 4.21. The summed E-state index contributed by atoms with van der Waals surface area (Å²) < 4.78 is 6.91. The zero-order valence-electron chi connectivity index (χ0n) is 14.9. The molecule has 3 heterocycles. The maximum Gasteiger partial charge on any atom is 0.223 e. The van der Waals surface area contributed by atoms with E-state index in [0.29, 0.717) is 37.6 Å². The summed E-state index contributed by atoms with van der Waals surface area (Å²) in [5.74, 6) is 0.828. The molecular formula is C18H22N6O2. The number of methoxy groups -OCH3 is 1. The molecule has 1 N–H and O–H groups in total. The van der Waals surface area contributed by atoms with Crippen molar-refractivity contribution >= 4 is 11.7 Å². The molecule has 0 saturated carbocycles. The number of ether oxygens (including phenoxy) is 1. The van der Waals surface area contributed by atoms with Crippen molar-refractivity contribution in [3.8, 4) is 6.07 Å². The monoisotopic (exact) mass is 354 g/mol. The Labute approximate surface area is 152 Å². The van der Waals surface area contributed by atoms with Crippen LogP contribution in [0.25, 0.3) is 0 Å². The van der Waals surface area contributed by atoms with Crippen molar-refractivity contribution in [2.45, 2.75) is 12.5 Å². The third-order valence-corrected chi connectivity index (χ3v) is 4.55. The minimum Gasteiger partial charge on any atom is -0.383 e. The number of rotatable bonds is 7. The predicted molar refractivity (Wildman–Crippen MR) is 95.1 cm³/mol. The van der Waals surface area contributed by atoms with Gasteiger partial charge in [0.2, 0.25) is 5.91 Å². The second kappa shape index (κ2) is 7.97. The molecule has 0 bridgehead atoms. The average Bonchev–Trinajstić information content (AvgIpc) is 3.21. The van der Waals surface area contributed by atoms with Crippen molar-refractivity contribution < 1.29 is 9.53 Å². The van der Waals surface area contributed by atoms with Gasteiger partial charge in [0.05, 0.1) is 18.8 Å². The Balaban J connectivity index is 1.77. The molecule has 1 saturated heterocycles. The second-order valence-corrected chi connectivity index (χ2v) is 6.34. The summed E-state index contributed by atoms with van der Waals surface area (Å²) in [5, 5.41) is 16.5. The van der Waals surface area contributed by atoms with E-state index in [2.05, 4.69) is 15.4 Å². The number of nitrogens with one attached hydrogen (secondary N) is 1. The molecule has 1 aliphatic rings. The number of pyridine rings is 1. The van der Waals surface area contributed by atoms with Gasteiger partial charge in [-0.25, -0.2) is 4.98 Å². The van der Waals surface area contributed by atoms with Crippen LogP contribution in [0.1, 0.15) is 23.7 Å². The lowest BCUT2D eigenvalue weighted by Crippen LogP contribution is -2.33. The first-order valence-electron chi connectivity index (χ1n) is 8.50. The van der Waals surface area contributed by atoms with Gasteiger partial charge in [0.25, 0.3) is 0 Å². The standard InChI is InChI=1S/C18H22N6O2/c1-23-12-14(11-21-23)18-13(8-17(25)24(18)6-7-26-2)10-20-16-5-3-4-15(9-19)22-16/h3-5,11-13,18H,6-8,10H2,1-2H3,(H,20,22)/t13-,18+/m0/s1. The number of hydrogen-bond donors (Lipinski definition) is 1. The van der Waals surface area contributed by atoms with Crippen molar-refractivity contribution in [3.63, 3.8) is 0 Å². The Kier molecular flexibility index (Phi) is 5.49. The van der Waals surface area contributed by atoms with Crippen LogP contribution in [0, 0.1) is 17.2 Å². The molecular weight excluding hydrogens is 332 g/mol. The first-order chi connectivity index (χ1) is 12.6. The molecule has 3 rings (SSSR count). The average molecular weight is 354 g/mol. The maximum absolute atomic E-state index is 12.5. The number of amides is 1. The van der Waals surface area contributed by atoms with E-state index in [9.17, 15) is 4.79 Å². The Morgan fingerprint density at radius 3 is 3.00 bits per heavy atom. The van der Waals surface area contributed by atoms with Gasteiger partial charge < -0.3 is 15.0 Å². The number of likely N-dealkylation sites (tertiary alicyclic amines) is 1. The fourth-order valence-corrected chi connectivity index (χ4v) is 3.38. The van der Waals surface area contributed by atoms with Crippen molar-refractivity contribution in [3.05, 3.63) is 41.9 Å². The van der Waals surface area contributed by atoms with Gasteiger partial charge in [0.1, 0.15) is 17.6 Å². The Morgan fingerprint density at radius 2 is 2.31 bits per heavy atom. The minimum absolute atomic E-state index is 0.0574. The zero-order valence-corrected chi connectivity index (χ0v) is 14.9. The van der Waals surface area contributed by atoms with Gasteiger partial charge in [-0.3, -0.25) is 9.48 Å². The molecule has 136 valence electrons. The number of nitrogens with zero attached hydrogens (tertiary/aromatic N) is 5. The van der Waals surface area contributed by atoms with Crippen molar-refractivity contribution in [1.82, 2.24) is 19.7 Å². The highest BCUT2D eigenvalue weighted by molar-refractivity contribution is 5.79. The normalized spacial score (nSPS) is 19.6. The van der Waals surface area contributed by atoms with E-state index in [4.69, 9.17) is 10.00 Å². The molecule has 0 unspecified atom stereocenters. The van der Waals surface area contributed by atoms with E-state index in [0.717, 1.165) is 5.56 Å². The van der Waals surface area contributed by atoms with E-state index < -0.39 is 0 Å². The number of nitriles is 1. The molecule has 0 spiro atoms. The molecule has 1 fully saturated rings. The quantitative estimate of drug-likeness (QED) is 0.806. The summed E-state index contributed by atoms with van der Waals surface area (Å²) in [7, 11) is 3.50. The molecule has 8 nitrogen and oxygen atoms in total. The van der Waals surface area contributed by atoms with Gasteiger partial charge in [0, 0.05) is 51.3 Å². The SMILES string of the molecule is COCCN1C(=O)C[C@@H](CNc2cccc(C#N)n2)[C@@H]1c1cnn(C)c1. The summed E-state index contributed by atoms with van der Waals surface area (Å²) >= 11 is 0. The molecule has 2 aromatic heterocycles. The summed E-state index contributed by atoms with van der Waals surface area (Å²) in [6, 6.07) is 7.24. The Hall–Kier alpha value is -2.92. The van der Waals surface area contributed by atoms with Crippen LogP contribution in [0.3, 0.4) is 0 Å². The van der Waals surface area contributed by atoms with Gasteiger partial charge in [-0.1, -0.05) is 6.07 Å². The highest BCUT2D eigenvalue weighted by Gasteiger charge is 2.40. The second-order valence-electron chi connectivity index (χ2n) is 6.34. The first-order valence-corrected chi connectivity index (χ1v) is 8.50. The predicted octanol–water partition coefficient (Wildman–Crippen LogP) is 1.33. The van der Waals surface area contributed by atoms with E-state index in [-0.39, 0.29) is 17.9 Å². The number of carbonyl (C=O) groups is 1. The molecule has 8 heteroatoms. The number of aryl methyl sites for hydroxylation is 1. The van der Waals surface area contributed by atoms with Crippen LogP contribution in [0.5, 0.6) is 0 Å². The highest BCUT2D eigenvalue weighted by atomic mass is 16.5. The number of hydrogen-bond acceptors (Lipinski definition) is 6. The number of carbonyl (C=O) groups excluding carboxylic acids is 1. The van der Waals surface area contributed by atoms with E-state index in [1.807, 2.05) is 36.5 Å². The van der Waals surface area contributed by atoms with E-state index in [1.54, 1.807) is 23.9 Å². The van der Waals surface area contributed by atoms with Crippen LogP contribution in [0.15, 0.2) is 30.6 Å². The van der Waals surface area contributed by atoms with Crippen molar-refractivity contribution in [2.75, 3.05) is 32.1 Å². The Morgan fingerprint density at radius 1 is 1.46 bits per heavy atom. The molecule has 1 amide bonds.